The Kier molecular flexibility index (Phi) is 5.17. The molecule has 0 aliphatic rings. The molecule has 1 aromatic heterocycles. The van der Waals surface area contributed by atoms with E-state index in [1.165, 1.54) is 47.1 Å². The van der Waals surface area contributed by atoms with E-state index in [0.29, 0.717) is 22.2 Å². The Labute approximate surface area is 152 Å². The molecule has 0 spiro atoms. The Morgan fingerprint density at radius 2 is 1.88 bits per heavy atom. The summed E-state index contributed by atoms with van der Waals surface area (Å²) >= 11 is 1.10. The van der Waals surface area contributed by atoms with E-state index < -0.39 is 11.1 Å². The molecule has 1 atom stereocenters. The van der Waals surface area contributed by atoms with Gasteiger partial charge in [0.2, 0.25) is 11.1 Å². The maximum atomic E-state index is 13.2. The summed E-state index contributed by atoms with van der Waals surface area (Å²) in [5.41, 5.74) is 0.966. The second kappa shape index (κ2) is 7.52. The van der Waals surface area contributed by atoms with Gasteiger partial charge in [0, 0.05) is 11.3 Å². The van der Waals surface area contributed by atoms with Gasteiger partial charge in [-0.15, -0.1) is 10.2 Å². The predicted octanol–water partition coefficient (Wildman–Crippen LogP) is 3.06. The van der Waals surface area contributed by atoms with E-state index in [9.17, 15) is 13.6 Å². The predicted molar refractivity (Wildman–Crippen MR) is 95.9 cm³/mol. The lowest BCUT2D eigenvalue weighted by molar-refractivity contribution is -0.115. The zero-order chi connectivity index (χ0) is 18.7. The largest absolute Gasteiger partial charge is 0.335 e. The molecular weight excluding hydrogens is 360 g/mol. The van der Waals surface area contributed by atoms with Gasteiger partial charge in [0.1, 0.15) is 11.6 Å². The van der Waals surface area contributed by atoms with Crippen LogP contribution in [0.2, 0.25) is 0 Å². The Balaban J connectivity index is 1.70. The second-order valence-corrected chi connectivity index (χ2v) is 6.75. The first kappa shape index (κ1) is 17.9. The number of amides is 1. The molecule has 3 rings (SSSR count). The molecule has 134 valence electrons. The highest BCUT2D eigenvalue weighted by Crippen LogP contribution is 2.25. The number of nitrogens with one attached hydrogen (secondary N) is 1. The van der Waals surface area contributed by atoms with Crippen LogP contribution in [0.3, 0.4) is 0 Å². The van der Waals surface area contributed by atoms with E-state index in [-0.39, 0.29) is 11.7 Å². The number of hydrogen-bond acceptors (Lipinski definition) is 5. The van der Waals surface area contributed by atoms with Gasteiger partial charge in [-0.1, -0.05) is 17.8 Å². The normalized spacial score (nSPS) is 12.0. The third-order valence-electron chi connectivity index (χ3n) is 3.51. The van der Waals surface area contributed by atoms with Crippen LogP contribution in [0.1, 0.15) is 6.92 Å². The van der Waals surface area contributed by atoms with Crippen LogP contribution < -0.4 is 11.2 Å². The van der Waals surface area contributed by atoms with Crippen molar-refractivity contribution in [3.63, 3.8) is 0 Å². The van der Waals surface area contributed by atoms with Crippen molar-refractivity contribution in [2.75, 3.05) is 11.2 Å². The van der Waals surface area contributed by atoms with E-state index >= 15 is 0 Å². The highest BCUT2D eigenvalue weighted by molar-refractivity contribution is 8.00. The first-order valence-corrected chi connectivity index (χ1v) is 8.51. The molecule has 0 bridgehead atoms. The van der Waals surface area contributed by atoms with Crippen LogP contribution in [0.4, 0.5) is 14.5 Å². The molecule has 0 radical (unpaired) electrons. The fourth-order valence-electron chi connectivity index (χ4n) is 2.17. The zero-order valence-electron chi connectivity index (χ0n) is 13.7. The molecule has 1 heterocycles. The van der Waals surface area contributed by atoms with Crippen molar-refractivity contribution >= 4 is 23.4 Å². The first-order valence-electron chi connectivity index (χ1n) is 7.63. The van der Waals surface area contributed by atoms with Gasteiger partial charge < -0.3 is 11.2 Å². The highest BCUT2D eigenvalue weighted by Gasteiger charge is 2.20. The number of nitrogens with zero attached hydrogens (tertiary/aromatic N) is 3. The lowest BCUT2D eigenvalue weighted by atomic mass is 10.2. The molecule has 6 nitrogen and oxygen atoms in total. The van der Waals surface area contributed by atoms with Gasteiger partial charge in [-0.2, -0.15) is 0 Å². The van der Waals surface area contributed by atoms with Gasteiger partial charge in [0.15, 0.2) is 5.82 Å². The average molecular weight is 375 g/mol. The van der Waals surface area contributed by atoms with Crippen LogP contribution in [0, 0.1) is 11.6 Å². The summed E-state index contributed by atoms with van der Waals surface area (Å²) in [7, 11) is 0. The van der Waals surface area contributed by atoms with Crippen LogP contribution in [0.15, 0.2) is 53.7 Å². The Hall–Kier alpha value is -2.94. The number of nitrogen functional groups attached to an aromatic ring is 1. The van der Waals surface area contributed by atoms with E-state index in [4.69, 9.17) is 5.84 Å². The van der Waals surface area contributed by atoms with Crippen molar-refractivity contribution in [3.8, 4) is 11.4 Å². The van der Waals surface area contributed by atoms with Crippen LogP contribution >= 0.6 is 11.8 Å². The number of thioether (sulfide) groups is 1. The molecule has 3 N–H and O–H groups in total. The van der Waals surface area contributed by atoms with Crippen molar-refractivity contribution in [1.29, 1.82) is 0 Å². The quantitative estimate of drug-likeness (QED) is 0.529. The van der Waals surface area contributed by atoms with Crippen LogP contribution in [-0.2, 0) is 4.79 Å². The number of carbonyl (C=O) groups excluding carboxylic acids is 1. The molecule has 0 aliphatic heterocycles. The standard InChI is InChI=1S/C17H15F2N5OS/c1-10(16(25)21-14-4-2-3-13(19)9-14)26-17-23-22-15(24(17)20)11-5-7-12(18)8-6-11/h2-10H,20H2,1H3,(H,21,25)/t10-/m1/s1. The lowest BCUT2D eigenvalue weighted by Crippen LogP contribution is -2.23. The number of nitrogens with two attached hydrogens (primary N) is 1. The molecule has 0 saturated heterocycles. The van der Waals surface area contributed by atoms with Crippen LogP contribution in [0.5, 0.6) is 0 Å². The van der Waals surface area contributed by atoms with Gasteiger partial charge in [0.05, 0.1) is 5.25 Å². The first-order chi connectivity index (χ1) is 12.4. The van der Waals surface area contributed by atoms with Crippen molar-refractivity contribution < 1.29 is 13.6 Å². The second-order valence-electron chi connectivity index (χ2n) is 5.44. The third-order valence-corrected chi connectivity index (χ3v) is 4.57. The minimum absolute atomic E-state index is 0.325. The van der Waals surface area contributed by atoms with Gasteiger partial charge in [-0.05, 0) is 49.4 Å². The Morgan fingerprint density at radius 3 is 2.58 bits per heavy atom. The van der Waals surface area contributed by atoms with Gasteiger partial charge in [0.25, 0.3) is 0 Å². The summed E-state index contributed by atoms with van der Waals surface area (Å²) in [5.74, 6) is 5.21. The maximum Gasteiger partial charge on any atom is 0.237 e. The molecular formula is C17H15F2N5OS. The van der Waals surface area contributed by atoms with Gasteiger partial charge in [-0.25, -0.2) is 13.5 Å². The molecule has 26 heavy (non-hydrogen) atoms. The van der Waals surface area contributed by atoms with Crippen LogP contribution in [0.25, 0.3) is 11.4 Å². The molecule has 9 heteroatoms. The van der Waals surface area contributed by atoms with Gasteiger partial charge >= 0.3 is 0 Å². The van der Waals surface area contributed by atoms with Crippen molar-refractivity contribution in [3.05, 3.63) is 60.2 Å². The van der Waals surface area contributed by atoms with Crippen molar-refractivity contribution in [2.45, 2.75) is 17.3 Å². The average Bonchev–Trinajstić information content (AvgIpc) is 2.96. The number of anilines is 1. The number of carbonyl (C=O) groups is 1. The zero-order valence-corrected chi connectivity index (χ0v) is 14.5. The fourth-order valence-corrected chi connectivity index (χ4v) is 2.95. The molecule has 0 unspecified atom stereocenters. The summed E-state index contributed by atoms with van der Waals surface area (Å²) in [6, 6.07) is 11.3. The minimum atomic E-state index is -0.550. The molecule has 0 fully saturated rings. The molecule has 1 amide bonds. The number of rotatable bonds is 5. The molecule has 0 saturated carbocycles. The maximum absolute atomic E-state index is 13.2. The number of aromatic nitrogens is 3. The van der Waals surface area contributed by atoms with Crippen molar-refractivity contribution in [1.82, 2.24) is 14.9 Å². The lowest BCUT2D eigenvalue weighted by Gasteiger charge is -2.11. The molecule has 0 aliphatic carbocycles. The number of hydrogen-bond donors (Lipinski definition) is 2. The topological polar surface area (TPSA) is 85.8 Å². The van der Waals surface area contributed by atoms with E-state index in [1.54, 1.807) is 13.0 Å². The SMILES string of the molecule is C[C@@H](Sc1nnc(-c2ccc(F)cc2)n1N)C(=O)Nc1cccc(F)c1. The Morgan fingerprint density at radius 1 is 1.15 bits per heavy atom. The van der Waals surface area contributed by atoms with E-state index in [1.807, 2.05) is 0 Å². The fraction of sp³-hybridized carbons (Fsp3) is 0.118. The highest BCUT2D eigenvalue weighted by atomic mass is 32.2. The summed E-state index contributed by atoms with van der Waals surface area (Å²) in [5, 5.41) is 10.4. The smallest absolute Gasteiger partial charge is 0.237 e. The summed E-state index contributed by atoms with van der Waals surface area (Å²) in [4.78, 5) is 12.3. The van der Waals surface area contributed by atoms with Crippen molar-refractivity contribution in [2.24, 2.45) is 0 Å². The van der Waals surface area contributed by atoms with E-state index in [2.05, 4.69) is 15.5 Å². The Bertz CT molecular complexity index is 929. The molecule has 2 aromatic carbocycles. The van der Waals surface area contributed by atoms with Crippen LogP contribution in [-0.4, -0.2) is 26.0 Å². The minimum Gasteiger partial charge on any atom is -0.335 e. The number of benzene rings is 2. The van der Waals surface area contributed by atoms with E-state index in [0.717, 1.165) is 11.8 Å². The summed E-state index contributed by atoms with van der Waals surface area (Å²) in [6.45, 7) is 1.67. The summed E-state index contributed by atoms with van der Waals surface area (Å²) < 4.78 is 27.5. The number of halogens is 2. The third kappa shape index (κ3) is 3.99. The van der Waals surface area contributed by atoms with Gasteiger partial charge in [-0.3, -0.25) is 4.79 Å². The monoisotopic (exact) mass is 375 g/mol. The summed E-state index contributed by atoms with van der Waals surface area (Å²) in [6.07, 6.45) is 0. The molecule has 3 aromatic rings.